The van der Waals surface area contributed by atoms with Gasteiger partial charge in [0, 0.05) is 12.0 Å². The standard InChI is InChI=1S/C19H15F3N2O4/c1-9-6-14-18(28-19(25)26)17(10-2-3-10)23-24(14)15(7-9)27-8-11-12(20)4-5-13(21)16(11)22/h4-7,10H,2-3,8H2,1H3,(H,25,26). The summed E-state index contributed by atoms with van der Waals surface area (Å²) in [5.74, 6) is -3.11. The number of halogens is 3. The molecule has 0 amide bonds. The topological polar surface area (TPSA) is 73.1 Å². The van der Waals surface area contributed by atoms with Crippen molar-refractivity contribution in [1.82, 2.24) is 9.61 Å². The van der Waals surface area contributed by atoms with Crippen LogP contribution in [0.3, 0.4) is 0 Å². The van der Waals surface area contributed by atoms with E-state index in [9.17, 15) is 18.0 Å². The number of hydrogen-bond donors (Lipinski definition) is 1. The molecule has 0 unspecified atom stereocenters. The molecule has 1 aliphatic rings. The average Bonchev–Trinajstić information content (AvgIpc) is 3.42. The Hall–Kier alpha value is -3.23. The Bertz CT molecular complexity index is 1090. The number of fused-ring (bicyclic) bond motifs is 1. The maximum absolute atomic E-state index is 13.9. The Kier molecular flexibility index (Phi) is 4.37. The summed E-state index contributed by atoms with van der Waals surface area (Å²) in [6.45, 7) is 1.17. The van der Waals surface area contributed by atoms with Gasteiger partial charge in [0.15, 0.2) is 17.4 Å². The Morgan fingerprint density at radius 1 is 1.25 bits per heavy atom. The number of aryl methyl sites for hydroxylation is 1. The van der Waals surface area contributed by atoms with Crippen LogP contribution >= 0.6 is 0 Å². The van der Waals surface area contributed by atoms with Gasteiger partial charge in [-0.05, 0) is 43.5 Å². The van der Waals surface area contributed by atoms with Gasteiger partial charge in [0.2, 0.25) is 5.88 Å². The number of hydrogen-bond acceptors (Lipinski definition) is 4. The number of rotatable bonds is 5. The molecule has 0 saturated heterocycles. The molecule has 1 aliphatic carbocycles. The summed E-state index contributed by atoms with van der Waals surface area (Å²) in [6.07, 6.45) is 0.244. The summed E-state index contributed by atoms with van der Waals surface area (Å²) in [4.78, 5) is 11.1. The van der Waals surface area contributed by atoms with Gasteiger partial charge in [-0.3, -0.25) is 0 Å². The zero-order chi connectivity index (χ0) is 20.0. The van der Waals surface area contributed by atoms with Crippen LogP contribution in [0.25, 0.3) is 5.52 Å². The molecule has 0 atom stereocenters. The van der Waals surface area contributed by atoms with Gasteiger partial charge < -0.3 is 14.6 Å². The Labute approximate surface area is 157 Å². The second kappa shape index (κ2) is 6.74. The first-order valence-corrected chi connectivity index (χ1v) is 8.54. The van der Waals surface area contributed by atoms with Crippen LogP contribution in [0, 0.1) is 24.4 Å². The molecule has 28 heavy (non-hydrogen) atoms. The van der Waals surface area contributed by atoms with E-state index >= 15 is 0 Å². The van der Waals surface area contributed by atoms with Gasteiger partial charge in [0.1, 0.15) is 23.6 Å². The number of nitrogens with zero attached hydrogens (tertiary/aromatic N) is 2. The van der Waals surface area contributed by atoms with Gasteiger partial charge in [-0.25, -0.2) is 18.0 Å². The lowest BCUT2D eigenvalue weighted by atomic mass is 10.2. The minimum atomic E-state index is -1.47. The van der Waals surface area contributed by atoms with E-state index in [2.05, 4.69) is 5.10 Å². The number of carboxylic acid groups (broad SMARTS) is 1. The molecule has 2 heterocycles. The van der Waals surface area contributed by atoms with E-state index in [1.165, 1.54) is 4.52 Å². The van der Waals surface area contributed by atoms with Crippen LogP contribution in [0.1, 0.15) is 35.6 Å². The van der Waals surface area contributed by atoms with E-state index in [0.717, 1.165) is 18.9 Å². The summed E-state index contributed by atoms with van der Waals surface area (Å²) in [5, 5.41) is 13.4. The van der Waals surface area contributed by atoms with E-state index < -0.39 is 35.8 Å². The van der Waals surface area contributed by atoms with Crippen molar-refractivity contribution in [3.8, 4) is 11.6 Å². The van der Waals surface area contributed by atoms with Gasteiger partial charge >= 0.3 is 6.16 Å². The molecule has 2 aromatic heterocycles. The van der Waals surface area contributed by atoms with Gasteiger partial charge in [-0.15, -0.1) is 0 Å². The molecule has 0 aliphatic heterocycles. The Balaban J connectivity index is 1.75. The van der Waals surface area contributed by atoms with Crippen LogP contribution in [0.15, 0.2) is 24.3 Å². The average molecular weight is 392 g/mol. The smallest absolute Gasteiger partial charge is 0.473 e. The number of benzene rings is 1. The van der Waals surface area contributed by atoms with Gasteiger partial charge in [0.25, 0.3) is 0 Å². The van der Waals surface area contributed by atoms with Crippen LogP contribution in [-0.4, -0.2) is 20.9 Å². The predicted octanol–water partition coefficient (Wildman–Crippen LogP) is 4.57. The van der Waals surface area contributed by atoms with Crippen molar-refractivity contribution in [3.05, 3.63) is 58.5 Å². The van der Waals surface area contributed by atoms with E-state index in [1.54, 1.807) is 19.1 Å². The minimum Gasteiger partial charge on any atom is -0.473 e. The van der Waals surface area contributed by atoms with Crippen molar-refractivity contribution in [2.45, 2.75) is 32.3 Å². The van der Waals surface area contributed by atoms with Crippen LogP contribution in [0.2, 0.25) is 0 Å². The summed E-state index contributed by atoms with van der Waals surface area (Å²) in [5.41, 5.74) is 0.992. The van der Waals surface area contributed by atoms with E-state index in [-0.39, 0.29) is 17.5 Å². The molecule has 146 valence electrons. The van der Waals surface area contributed by atoms with Crippen LogP contribution in [0.4, 0.5) is 18.0 Å². The molecule has 4 rings (SSSR count). The second-order valence-electron chi connectivity index (χ2n) is 6.64. The molecule has 3 aromatic rings. The number of ether oxygens (including phenoxy) is 2. The first kappa shape index (κ1) is 18.1. The fourth-order valence-electron chi connectivity index (χ4n) is 3.01. The molecule has 6 nitrogen and oxygen atoms in total. The molecule has 0 bridgehead atoms. The maximum Gasteiger partial charge on any atom is 0.511 e. The minimum absolute atomic E-state index is 0.0838. The molecule has 0 spiro atoms. The van der Waals surface area contributed by atoms with Crippen molar-refractivity contribution in [1.29, 1.82) is 0 Å². The first-order valence-electron chi connectivity index (χ1n) is 8.54. The lowest BCUT2D eigenvalue weighted by Crippen LogP contribution is -2.07. The quantitative estimate of drug-likeness (QED) is 0.509. The molecule has 9 heteroatoms. The van der Waals surface area contributed by atoms with Crippen LogP contribution < -0.4 is 9.47 Å². The lowest BCUT2D eigenvalue weighted by Gasteiger charge is -2.11. The monoisotopic (exact) mass is 392 g/mol. The highest BCUT2D eigenvalue weighted by Crippen LogP contribution is 2.45. The number of carbonyl (C=O) groups is 1. The fraction of sp³-hybridized carbons (Fsp3) is 0.263. The maximum atomic E-state index is 13.9. The van der Waals surface area contributed by atoms with Gasteiger partial charge in [-0.1, -0.05) is 0 Å². The zero-order valence-corrected chi connectivity index (χ0v) is 14.7. The number of aromatic nitrogens is 2. The SMILES string of the molecule is Cc1cc(OCc2c(F)ccc(F)c2F)n2nc(C3CC3)c(OC(=O)O)c2c1. The van der Waals surface area contributed by atoms with Crippen LogP contribution in [0.5, 0.6) is 11.6 Å². The molecule has 0 radical (unpaired) electrons. The van der Waals surface area contributed by atoms with Crippen LogP contribution in [-0.2, 0) is 6.61 Å². The molecule has 1 aromatic carbocycles. The Morgan fingerprint density at radius 3 is 2.64 bits per heavy atom. The van der Waals surface area contributed by atoms with Gasteiger partial charge in [-0.2, -0.15) is 9.61 Å². The zero-order valence-electron chi connectivity index (χ0n) is 14.7. The fourth-order valence-corrected chi connectivity index (χ4v) is 3.01. The third-order valence-electron chi connectivity index (χ3n) is 4.48. The summed E-state index contributed by atoms with van der Waals surface area (Å²) >= 11 is 0. The highest BCUT2D eigenvalue weighted by Gasteiger charge is 2.33. The normalized spacial score (nSPS) is 13.7. The largest absolute Gasteiger partial charge is 0.511 e. The third-order valence-corrected chi connectivity index (χ3v) is 4.48. The van der Waals surface area contributed by atoms with Crippen molar-refractivity contribution in [3.63, 3.8) is 0 Å². The predicted molar refractivity (Wildman–Crippen MR) is 91.2 cm³/mol. The van der Waals surface area contributed by atoms with Crippen molar-refractivity contribution in [2.75, 3.05) is 0 Å². The molecule has 1 N–H and O–H groups in total. The lowest BCUT2D eigenvalue weighted by molar-refractivity contribution is 0.144. The van der Waals surface area contributed by atoms with Crippen molar-refractivity contribution >= 4 is 11.7 Å². The molecule has 1 fully saturated rings. The van der Waals surface area contributed by atoms with E-state index in [4.69, 9.17) is 14.6 Å². The van der Waals surface area contributed by atoms with Gasteiger partial charge in [0.05, 0.1) is 5.56 Å². The molecular weight excluding hydrogens is 377 g/mol. The summed E-state index contributed by atoms with van der Waals surface area (Å²) < 4.78 is 52.9. The first-order chi connectivity index (χ1) is 13.3. The molecule has 1 saturated carbocycles. The highest BCUT2D eigenvalue weighted by molar-refractivity contribution is 5.72. The molecular formula is C19H15F3N2O4. The summed E-state index contributed by atoms with van der Waals surface area (Å²) in [6, 6.07) is 4.77. The van der Waals surface area contributed by atoms with Crippen molar-refractivity contribution < 1.29 is 32.5 Å². The number of pyridine rings is 1. The second-order valence-corrected chi connectivity index (χ2v) is 6.64. The van der Waals surface area contributed by atoms with E-state index in [1.807, 2.05) is 0 Å². The summed E-state index contributed by atoms with van der Waals surface area (Å²) in [7, 11) is 0. The third kappa shape index (κ3) is 3.23. The van der Waals surface area contributed by atoms with Crippen molar-refractivity contribution in [2.24, 2.45) is 0 Å². The Morgan fingerprint density at radius 2 is 1.96 bits per heavy atom. The van der Waals surface area contributed by atoms with E-state index in [0.29, 0.717) is 22.8 Å². The highest BCUT2D eigenvalue weighted by atomic mass is 19.2.